The predicted octanol–water partition coefficient (Wildman–Crippen LogP) is 2.51. The zero-order valence-electron chi connectivity index (χ0n) is 11.5. The van der Waals surface area contributed by atoms with Gasteiger partial charge in [-0.1, -0.05) is 66.4 Å². The van der Waals surface area contributed by atoms with Crippen molar-refractivity contribution in [1.29, 1.82) is 0 Å². The summed E-state index contributed by atoms with van der Waals surface area (Å²) < 4.78 is 6.27. The van der Waals surface area contributed by atoms with Crippen molar-refractivity contribution in [2.45, 2.75) is 6.42 Å². The van der Waals surface area contributed by atoms with Gasteiger partial charge < -0.3 is 4.43 Å². The Morgan fingerprint density at radius 2 is 1.50 bits per heavy atom. The fraction of sp³-hybridized carbons (Fsp3) is 0.111. The zero-order valence-corrected chi connectivity index (χ0v) is 12.5. The summed E-state index contributed by atoms with van der Waals surface area (Å²) in [6, 6.07) is 20.6. The third-order valence-electron chi connectivity index (χ3n) is 3.27. The second-order valence-electron chi connectivity index (χ2n) is 4.47. The van der Waals surface area contributed by atoms with Gasteiger partial charge in [0.05, 0.1) is 0 Å². The summed E-state index contributed by atoms with van der Waals surface area (Å²) in [4.78, 5) is 0. The molecule has 1 nitrogen and oxygen atoms in total. The molecule has 0 heterocycles. The lowest BCUT2D eigenvalue weighted by molar-refractivity contribution is 0.333. The van der Waals surface area contributed by atoms with Crippen LogP contribution in [0.1, 0.15) is 6.42 Å². The third kappa shape index (κ3) is 2.90. The van der Waals surface area contributed by atoms with Gasteiger partial charge in [0.25, 0.3) is 8.32 Å². The van der Waals surface area contributed by atoms with Crippen molar-refractivity contribution >= 4 is 18.7 Å². The first kappa shape index (κ1) is 14.3. The lowest BCUT2D eigenvalue weighted by Gasteiger charge is -2.29. The van der Waals surface area contributed by atoms with Crippen LogP contribution < -0.4 is 10.4 Å². The number of terminal acetylenes is 1. The summed E-state index contributed by atoms with van der Waals surface area (Å²) in [5.74, 6) is 2.63. The molecule has 0 fully saturated rings. The summed E-state index contributed by atoms with van der Waals surface area (Å²) in [7, 11) is -2.39. The van der Waals surface area contributed by atoms with E-state index in [1.807, 2.05) is 42.1 Å². The van der Waals surface area contributed by atoms with E-state index in [1.54, 1.807) is 0 Å². The molecule has 0 saturated heterocycles. The highest BCUT2D eigenvalue weighted by Gasteiger charge is 2.36. The quantitative estimate of drug-likeness (QED) is 0.448. The van der Waals surface area contributed by atoms with Crippen LogP contribution in [0, 0.1) is 12.3 Å². The molecule has 2 heteroatoms. The normalized spacial score (nSPS) is 10.8. The molecule has 0 N–H and O–H groups in total. The van der Waals surface area contributed by atoms with Gasteiger partial charge in [0.2, 0.25) is 0 Å². The Bertz CT molecular complexity index is 544. The van der Waals surface area contributed by atoms with E-state index in [1.165, 1.54) is 10.4 Å². The minimum absolute atomic E-state index is 0.554. The summed E-state index contributed by atoms with van der Waals surface area (Å²) in [6.45, 7) is 4.60. The molecular formula is C18H18OSi. The van der Waals surface area contributed by atoms with Crippen molar-refractivity contribution in [2.24, 2.45) is 0 Å². The predicted molar refractivity (Wildman–Crippen MR) is 87.5 cm³/mol. The molecule has 0 bridgehead atoms. The maximum absolute atomic E-state index is 6.27. The summed E-state index contributed by atoms with van der Waals surface area (Å²) in [5.41, 5.74) is 1.98. The van der Waals surface area contributed by atoms with Crippen molar-refractivity contribution in [3.05, 3.63) is 72.9 Å². The van der Waals surface area contributed by atoms with Crippen LogP contribution in [0.25, 0.3) is 0 Å². The fourth-order valence-electron chi connectivity index (χ4n) is 2.27. The molecule has 2 aromatic rings. The van der Waals surface area contributed by atoms with Crippen LogP contribution in [0.5, 0.6) is 0 Å². The Kier molecular flexibility index (Phi) is 4.95. The molecule has 0 atom stereocenters. The molecule has 0 unspecified atom stereocenters. The lowest BCUT2D eigenvalue weighted by Crippen LogP contribution is -2.59. The summed E-state index contributed by atoms with van der Waals surface area (Å²) in [5, 5.41) is 2.39. The van der Waals surface area contributed by atoms with Crippen LogP contribution in [0.3, 0.4) is 0 Å². The zero-order chi connectivity index (χ0) is 14.3. The fourth-order valence-corrected chi connectivity index (χ4v) is 5.33. The minimum Gasteiger partial charge on any atom is -0.404 e. The summed E-state index contributed by atoms with van der Waals surface area (Å²) >= 11 is 0. The Morgan fingerprint density at radius 3 is 1.90 bits per heavy atom. The average Bonchev–Trinajstić information content (AvgIpc) is 2.54. The second kappa shape index (κ2) is 6.90. The standard InChI is InChI=1S/C18H18OSi/c1-3-5-16-19-20(4-2,17-12-8-6-9-13-17)18-14-10-7-11-15-18/h1,4,6-15H,2,5,16H2. The van der Waals surface area contributed by atoms with Crippen molar-refractivity contribution in [2.75, 3.05) is 6.61 Å². The molecule has 20 heavy (non-hydrogen) atoms. The van der Waals surface area contributed by atoms with Crippen molar-refractivity contribution in [3.63, 3.8) is 0 Å². The Hall–Kier alpha value is -2.08. The molecule has 2 aromatic carbocycles. The molecule has 0 aliphatic carbocycles. The van der Waals surface area contributed by atoms with E-state index < -0.39 is 8.32 Å². The van der Waals surface area contributed by atoms with E-state index in [0.717, 1.165) is 0 Å². The number of benzene rings is 2. The first-order chi connectivity index (χ1) is 9.83. The highest BCUT2D eigenvalue weighted by Crippen LogP contribution is 2.09. The van der Waals surface area contributed by atoms with Crippen LogP contribution in [0.2, 0.25) is 0 Å². The minimum atomic E-state index is -2.39. The number of rotatable bonds is 6. The Morgan fingerprint density at radius 1 is 1.00 bits per heavy atom. The number of hydrogen-bond donors (Lipinski definition) is 0. The van der Waals surface area contributed by atoms with Gasteiger partial charge in [-0.15, -0.1) is 18.9 Å². The molecule has 0 spiro atoms. The van der Waals surface area contributed by atoms with Gasteiger partial charge in [-0.3, -0.25) is 0 Å². The molecule has 0 amide bonds. The van der Waals surface area contributed by atoms with E-state index in [4.69, 9.17) is 10.8 Å². The molecule has 0 aliphatic heterocycles. The first-order valence-electron chi connectivity index (χ1n) is 6.65. The largest absolute Gasteiger partial charge is 0.404 e. The smallest absolute Gasteiger partial charge is 0.280 e. The van der Waals surface area contributed by atoms with Gasteiger partial charge in [0.1, 0.15) is 0 Å². The van der Waals surface area contributed by atoms with Gasteiger partial charge in [-0.25, -0.2) is 0 Å². The SMILES string of the molecule is C#CCCO[Si](C=C)(c1ccccc1)c1ccccc1. The van der Waals surface area contributed by atoms with Crippen LogP contribution in [-0.4, -0.2) is 14.9 Å². The topological polar surface area (TPSA) is 9.23 Å². The molecule has 0 aromatic heterocycles. The highest BCUT2D eigenvalue weighted by atomic mass is 28.4. The monoisotopic (exact) mass is 278 g/mol. The van der Waals surface area contributed by atoms with Crippen molar-refractivity contribution in [3.8, 4) is 12.3 Å². The Labute approximate surface area is 122 Å². The highest BCUT2D eigenvalue weighted by molar-refractivity contribution is 7.01. The second-order valence-corrected chi connectivity index (χ2v) is 7.80. The maximum Gasteiger partial charge on any atom is 0.280 e. The number of hydrogen-bond acceptors (Lipinski definition) is 1. The maximum atomic E-state index is 6.27. The molecular weight excluding hydrogens is 260 g/mol. The Balaban J connectivity index is 2.47. The van der Waals surface area contributed by atoms with Crippen LogP contribution in [-0.2, 0) is 4.43 Å². The molecule has 0 saturated carbocycles. The average molecular weight is 278 g/mol. The van der Waals surface area contributed by atoms with Crippen LogP contribution >= 0.6 is 0 Å². The van der Waals surface area contributed by atoms with Gasteiger partial charge in [-0.05, 0) is 10.4 Å². The van der Waals surface area contributed by atoms with Gasteiger partial charge >= 0.3 is 0 Å². The van der Waals surface area contributed by atoms with E-state index in [0.29, 0.717) is 13.0 Å². The van der Waals surface area contributed by atoms with Crippen molar-refractivity contribution < 1.29 is 4.43 Å². The van der Waals surface area contributed by atoms with Gasteiger partial charge in [0, 0.05) is 13.0 Å². The van der Waals surface area contributed by atoms with E-state index in [9.17, 15) is 0 Å². The molecule has 0 aliphatic rings. The van der Waals surface area contributed by atoms with Gasteiger partial charge in [0.15, 0.2) is 0 Å². The summed E-state index contributed by atoms with van der Waals surface area (Å²) in [6.07, 6.45) is 5.95. The van der Waals surface area contributed by atoms with E-state index in [-0.39, 0.29) is 0 Å². The molecule has 100 valence electrons. The molecule has 0 radical (unpaired) electrons. The van der Waals surface area contributed by atoms with E-state index >= 15 is 0 Å². The van der Waals surface area contributed by atoms with Crippen molar-refractivity contribution in [1.82, 2.24) is 0 Å². The van der Waals surface area contributed by atoms with Gasteiger partial charge in [-0.2, -0.15) is 0 Å². The lowest BCUT2D eigenvalue weighted by atomic mass is 10.4. The first-order valence-corrected chi connectivity index (χ1v) is 8.64. The van der Waals surface area contributed by atoms with Crippen LogP contribution in [0.15, 0.2) is 72.9 Å². The third-order valence-corrected chi connectivity index (χ3v) is 6.89. The molecule has 2 rings (SSSR count). The van der Waals surface area contributed by atoms with Crippen LogP contribution in [0.4, 0.5) is 0 Å². The van der Waals surface area contributed by atoms with E-state index in [2.05, 4.69) is 36.8 Å².